The number of hydrogen-bond donors (Lipinski definition) is 2. The Hall–Kier alpha value is -0.650. The second kappa shape index (κ2) is 9.39. The molecule has 0 aromatic heterocycles. The molecule has 102 valence electrons. The molecule has 0 rings (SSSR count). The lowest BCUT2D eigenvalue weighted by molar-refractivity contribution is -0.133. The van der Waals surface area contributed by atoms with Gasteiger partial charge in [-0.15, -0.1) is 0 Å². The number of ether oxygens (including phenoxy) is 1. The minimum Gasteiger partial charge on any atom is -0.396 e. The molecule has 0 radical (unpaired) electrons. The van der Waals surface area contributed by atoms with Gasteiger partial charge in [-0.05, 0) is 27.2 Å². The standard InChI is InChI=1S/C12H26N2O3/c1-5-14(6-2)12(16)10(3)13-11(7-8-15)9-17-4/h10-11,13,15H,5-9H2,1-4H3. The Bertz CT molecular complexity index is 202. The maximum absolute atomic E-state index is 12.0. The number of likely N-dealkylation sites (N-methyl/N-ethyl adjacent to an activating group) is 1. The molecule has 0 bridgehead atoms. The first-order valence-corrected chi connectivity index (χ1v) is 6.25. The van der Waals surface area contributed by atoms with E-state index in [-0.39, 0.29) is 24.6 Å². The van der Waals surface area contributed by atoms with Crippen molar-refractivity contribution in [2.75, 3.05) is 33.4 Å². The average Bonchev–Trinajstić information content (AvgIpc) is 2.31. The van der Waals surface area contributed by atoms with Gasteiger partial charge in [0.1, 0.15) is 0 Å². The summed E-state index contributed by atoms with van der Waals surface area (Å²) in [4.78, 5) is 13.8. The maximum atomic E-state index is 12.0. The van der Waals surface area contributed by atoms with E-state index < -0.39 is 0 Å². The Labute approximate surface area is 104 Å². The van der Waals surface area contributed by atoms with E-state index in [2.05, 4.69) is 5.32 Å². The number of rotatable bonds is 9. The second-order valence-electron chi connectivity index (χ2n) is 4.06. The fourth-order valence-corrected chi connectivity index (χ4v) is 1.81. The lowest BCUT2D eigenvalue weighted by Gasteiger charge is -2.26. The van der Waals surface area contributed by atoms with Crippen LogP contribution in [0.25, 0.3) is 0 Å². The molecule has 0 fully saturated rings. The Balaban J connectivity index is 4.27. The topological polar surface area (TPSA) is 61.8 Å². The summed E-state index contributed by atoms with van der Waals surface area (Å²) in [6, 6.07) is -0.235. The fraction of sp³-hybridized carbons (Fsp3) is 0.917. The van der Waals surface area contributed by atoms with Crippen LogP contribution in [0, 0.1) is 0 Å². The normalized spacial score (nSPS) is 14.4. The molecule has 5 nitrogen and oxygen atoms in total. The van der Waals surface area contributed by atoms with Crippen LogP contribution in [0.1, 0.15) is 27.2 Å². The van der Waals surface area contributed by atoms with E-state index in [0.717, 1.165) is 13.1 Å². The highest BCUT2D eigenvalue weighted by molar-refractivity contribution is 5.81. The van der Waals surface area contributed by atoms with Crippen molar-refractivity contribution in [3.63, 3.8) is 0 Å². The third-order valence-corrected chi connectivity index (χ3v) is 2.78. The zero-order valence-electron chi connectivity index (χ0n) is 11.4. The van der Waals surface area contributed by atoms with Gasteiger partial charge < -0.3 is 20.1 Å². The predicted octanol–water partition coefficient (Wildman–Crippen LogP) is 0.230. The number of methoxy groups -OCH3 is 1. The van der Waals surface area contributed by atoms with Crippen LogP contribution in [0.4, 0.5) is 0 Å². The summed E-state index contributed by atoms with van der Waals surface area (Å²) in [7, 11) is 1.61. The van der Waals surface area contributed by atoms with E-state index >= 15 is 0 Å². The molecule has 0 aliphatic heterocycles. The monoisotopic (exact) mass is 246 g/mol. The first kappa shape index (κ1) is 16.4. The van der Waals surface area contributed by atoms with Crippen LogP contribution in [0.3, 0.4) is 0 Å². The van der Waals surface area contributed by atoms with Crippen LogP contribution in [0.2, 0.25) is 0 Å². The molecule has 0 aliphatic rings. The number of aliphatic hydroxyl groups is 1. The smallest absolute Gasteiger partial charge is 0.239 e. The largest absolute Gasteiger partial charge is 0.396 e. The molecule has 17 heavy (non-hydrogen) atoms. The molecule has 0 saturated carbocycles. The van der Waals surface area contributed by atoms with Gasteiger partial charge in [-0.25, -0.2) is 0 Å². The summed E-state index contributed by atoms with van der Waals surface area (Å²) < 4.78 is 5.05. The van der Waals surface area contributed by atoms with Crippen molar-refractivity contribution in [3.05, 3.63) is 0 Å². The SMILES string of the molecule is CCN(CC)C(=O)C(C)NC(CCO)COC. The molecule has 0 saturated heterocycles. The Morgan fingerprint density at radius 1 is 1.41 bits per heavy atom. The summed E-state index contributed by atoms with van der Waals surface area (Å²) >= 11 is 0. The van der Waals surface area contributed by atoms with Crippen molar-refractivity contribution in [2.24, 2.45) is 0 Å². The number of carbonyl (C=O) groups is 1. The molecular formula is C12H26N2O3. The Morgan fingerprint density at radius 3 is 2.41 bits per heavy atom. The van der Waals surface area contributed by atoms with Gasteiger partial charge in [-0.1, -0.05) is 0 Å². The quantitative estimate of drug-likeness (QED) is 0.611. The van der Waals surface area contributed by atoms with Crippen LogP contribution in [-0.4, -0.2) is 61.4 Å². The van der Waals surface area contributed by atoms with Gasteiger partial charge in [-0.3, -0.25) is 4.79 Å². The molecule has 2 atom stereocenters. The summed E-state index contributed by atoms with van der Waals surface area (Å²) in [6.45, 7) is 7.81. The van der Waals surface area contributed by atoms with E-state index in [1.807, 2.05) is 20.8 Å². The number of aliphatic hydroxyl groups excluding tert-OH is 1. The highest BCUT2D eigenvalue weighted by atomic mass is 16.5. The summed E-state index contributed by atoms with van der Waals surface area (Å²) in [6.07, 6.45) is 0.587. The first-order chi connectivity index (χ1) is 8.10. The molecule has 0 aromatic rings. The molecule has 0 aromatic carbocycles. The first-order valence-electron chi connectivity index (χ1n) is 6.25. The fourth-order valence-electron chi connectivity index (χ4n) is 1.81. The number of nitrogens with zero attached hydrogens (tertiary/aromatic N) is 1. The summed E-state index contributed by atoms with van der Waals surface area (Å²) in [5.41, 5.74) is 0. The van der Waals surface area contributed by atoms with Gasteiger partial charge in [0.05, 0.1) is 12.6 Å². The van der Waals surface area contributed by atoms with Crippen LogP contribution >= 0.6 is 0 Å². The zero-order chi connectivity index (χ0) is 13.3. The molecule has 0 spiro atoms. The average molecular weight is 246 g/mol. The van der Waals surface area contributed by atoms with Crippen molar-refractivity contribution >= 4 is 5.91 Å². The van der Waals surface area contributed by atoms with Gasteiger partial charge in [0.2, 0.25) is 5.91 Å². The zero-order valence-corrected chi connectivity index (χ0v) is 11.4. The number of amides is 1. The lowest BCUT2D eigenvalue weighted by atomic mass is 10.2. The van der Waals surface area contributed by atoms with Crippen LogP contribution in [-0.2, 0) is 9.53 Å². The van der Waals surface area contributed by atoms with E-state index in [1.54, 1.807) is 12.0 Å². The molecule has 0 heterocycles. The molecule has 2 N–H and O–H groups in total. The van der Waals surface area contributed by atoms with Crippen molar-refractivity contribution in [2.45, 2.75) is 39.3 Å². The maximum Gasteiger partial charge on any atom is 0.239 e. The van der Waals surface area contributed by atoms with E-state index in [0.29, 0.717) is 13.0 Å². The molecule has 1 amide bonds. The highest BCUT2D eigenvalue weighted by Gasteiger charge is 2.20. The minimum absolute atomic E-state index is 0.0134. The van der Waals surface area contributed by atoms with E-state index in [9.17, 15) is 4.79 Å². The number of hydrogen-bond acceptors (Lipinski definition) is 4. The molecular weight excluding hydrogens is 220 g/mol. The third-order valence-electron chi connectivity index (χ3n) is 2.78. The van der Waals surface area contributed by atoms with Crippen LogP contribution < -0.4 is 5.32 Å². The lowest BCUT2D eigenvalue weighted by Crippen LogP contribution is -2.49. The van der Waals surface area contributed by atoms with Crippen molar-refractivity contribution in [3.8, 4) is 0 Å². The van der Waals surface area contributed by atoms with Crippen molar-refractivity contribution < 1.29 is 14.6 Å². The van der Waals surface area contributed by atoms with Crippen molar-refractivity contribution in [1.82, 2.24) is 10.2 Å². The van der Waals surface area contributed by atoms with Crippen LogP contribution in [0.5, 0.6) is 0 Å². The second-order valence-corrected chi connectivity index (χ2v) is 4.06. The molecule has 5 heteroatoms. The summed E-state index contributed by atoms with van der Waals surface area (Å²) in [5.74, 6) is 0.0917. The van der Waals surface area contributed by atoms with Crippen LogP contribution in [0.15, 0.2) is 0 Å². The van der Waals surface area contributed by atoms with Gasteiger partial charge in [0.15, 0.2) is 0 Å². The number of nitrogens with one attached hydrogen (secondary N) is 1. The minimum atomic E-state index is -0.249. The van der Waals surface area contributed by atoms with Gasteiger partial charge >= 0.3 is 0 Å². The van der Waals surface area contributed by atoms with Gasteiger partial charge in [-0.2, -0.15) is 0 Å². The van der Waals surface area contributed by atoms with E-state index in [4.69, 9.17) is 9.84 Å². The Morgan fingerprint density at radius 2 is 2.00 bits per heavy atom. The summed E-state index contributed by atoms with van der Waals surface area (Å²) in [5, 5.41) is 12.1. The van der Waals surface area contributed by atoms with Crippen molar-refractivity contribution in [1.29, 1.82) is 0 Å². The van der Waals surface area contributed by atoms with Gasteiger partial charge in [0, 0.05) is 32.8 Å². The number of carbonyl (C=O) groups excluding carboxylic acids is 1. The predicted molar refractivity (Wildman–Crippen MR) is 67.9 cm³/mol. The Kier molecular flexibility index (Phi) is 9.03. The highest BCUT2D eigenvalue weighted by Crippen LogP contribution is 1.99. The van der Waals surface area contributed by atoms with Gasteiger partial charge in [0.25, 0.3) is 0 Å². The van der Waals surface area contributed by atoms with E-state index in [1.165, 1.54) is 0 Å². The molecule has 0 aliphatic carbocycles. The molecule has 2 unspecified atom stereocenters. The third kappa shape index (κ3) is 6.00.